The number of fused-ring (bicyclic) bond motifs is 1. The van der Waals surface area contributed by atoms with Gasteiger partial charge < -0.3 is 24.2 Å². The number of nitrogens with one attached hydrogen (secondary N) is 1. The van der Waals surface area contributed by atoms with E-state index in [1.165, 1.54) is 24.9 Å². The molecule has 3 rings (SSSR count). The van der Waals surface area contributed by atoms with Crippen LogP contribution >= 0.6 is 0 Å². The number of nitrogens with zero attached hydrogens (tertiary/aromatic N) is 5. The minimum atomic E-state index is -0.712. The van der Waals surface area contributed by atoms with E-state index in [4.69, 9.17) is 14.2 Å². The van der Waals surface area contributed by atoms with Crippen molar-refractivity contribution in [1.82, 2.24) is 24.6 Å². The first-order valence-electron chi connectivity index (χ1n) is 10.5. The number of H-pyrrole nitrogens is 1. The van der Waals surface area contributed by atoms with E-state index in [1.807, 2.05) is 0 Å². The molecule has 1 aliphatic heterocycles. The van der Waals surface area contributed by atoms with Crippen molar-refractivity contribution in [2.45, 2.75) is 44.9 Å². The topological polar surface area (TPSA) is 161 Å². The molecule has 1 saturated heterocycles. The molecule has 2 N–H and O–H groups in total. The van der Waals surface area contributed by atoms with Crippen LogP contribution in [-0.4, -0.2) is 88.1 Å². The van der Waals surface area contributed by atoms with E-state index in [2.05, 4.69) is 20.1 Å². The number of carbonyl (C=O) groups is 2. The van der Waals surface area contributed by atoms with Gasteiger partial charge in [-0.1, -0.05) is 0 Å². The Labute approximate surface area is 189 Å². The van der Waals surface area contributed by atoms with Crippen molar-refractivity contribution in [3.8, 4) is 0 Å². The molecule has 1 fully saturated rings. The number of hydrogen-bond donors (Lipinski definition) is 2. The predicted octanol–water partition coefficient (Wildman–Crippen LogP) is 0.221. The summed E-state index contributed by atoms with van der Waals surface area (Å²) >= 11 is 0. The van der Waals surface area contributed by atoms with E-state index in [9.17, 15) is 19.5 Å². The van der Waals surface area contributed by atoms with Gasteiger partial charge in [-0.05, 0) is 12.8 Å². The van der Waals surface area contributed by atoms with Crippen LogP contribution in [0.5, 0.6) is 0 Å². The molecule has 0 unspecified atom stereocenters. The van der Waals surface area contributed by atoms with Crippen LogP contribution in [0.15, 0.2) is 9.79 Å². The lowest BCUT2D eigenvalue weighted by molar-refractivity contribution is -0.144. The van der Waals surface area contributed by atoms with Crippen molar-refractivity contribution in [3.05, 3.63) is 16.0 Å². The third-order valence-electron chi connectivity index (χ3n) is 4.91. The molecule has 0 aromatic carbocycles. The summed E-state index contributed by atoms with van der Waals surface area (Å²) in [5.41, 5.74) is -0.0288. The molecule has 3 heterocycles. The first-order chi connectivity index (χ1) is 15.7. The zero-order chi connectivity index (χ0) is 24.1. The second kappa shape index (κ2) is 10.5. The Morgan fingerprint density at radius 1 is 1.30 bits per heavy atom. The van der Waals surface area contributed by atoms with Gasteiger partial charge in [0, 0.05) is 27.9 Å². The highest BCUT2D eigenvalue weighted by Gasteiger charge is 2.32. The number of carbonyl (C=O) groups excluding carboxylic acids is 2. The summed E-state index contributed by atoms with van der Waals surface area (Å²) in [6.07, 6.45) is 1.72. The molecule has 2 aromatic rings. The van der Waals surface area contributed by atoms with Crippen LogP contribution in [0.3, 0.4) is 0 Å². The van der Waals surface area contributed by atoms with Gasteiger partial charge >= 0.3 is 11.9 Å². The van der Waals surface area contributed by atoms with E-state index in [-0.39, 0.29) is 48.6 Å². The summed E-state index contributed by atoms with van der Waals surface area (Å²) in [5, 5.41) is 14.2. The van der Waals surface area contributed by atoms with Crippen LogP contribution in [-0.2, 0) is 23.8 Å². The summed E-state index contributed by atoms with van der Waals surface area (Å²) in [5.74, 6) is -1.69. The number of aliphatic imine (C=N–C) groups is 1. The van der Waals surface area contributed by atoms with Crippen LogP contribution in [0.1, 0.15) is 44.5 Å². The van der Waals surface area contributed by atoms with Gasteiger partial charge in [-0.25, -0.2) is 9.67 Å². The molecule has 0 amide bonds. The zero-order valence-electron chi connectivity index (χ0n) is 19.0. The molecular formula is C20H28N6O7. The minimum absolute atomic E-state index is 0.0714. The van der Waals surface area contributed by atoms with Gasteiger partial charge in [0.25, 0.3) is 5.56 Å². The van der Waals surface area contributed by atoms with Crippen LogP contribution in [0.2, 0.25) is 0 Å². The van der Waals surface area contributed by atoms with Gasteiger partial charge in [-0.15, -0.1) is 0 Å². The van der Waals surface area contributed by atoms with Crippen molar-refractivity contribution in [3.63, 3.8) is 0 Å². The molecule has 13 nitrogen and oxygen atoms in total. The van der Waals surface area contributed by atoms with E-state index in [0.717, 1.165) is 0 Å². The van der Waals surface area contributed by atoms with Crippen molar-refractivity contribution in [2.24, 2.45) is 4.99 Å². The van der Waals surface area contributed by atoms with E-state index < -0.39 is 29.6 Å². The highest BCUT2D eigenvalue weighted by Crippen LogP contribution is 2.32. The van der Waals surface area contributed by atoms with E-state index in [0.29, 0.717) is 12.8 Å². The van der Waals surface area contributed by atoms with Crippen molar-refractivity contribution in [2.75, 3.05) is 33.9 Å². The summed E-state index contributed by atoms with van der Waals surface area (Å²) in [6.45, 7) is 2.06. The van der Waals surface area contributed by atoms with Crippen LogP contribution in [0.4, 0.5) is 5.95 Å². The van der Waals surface area contributed by atoms with E-state index in [1.54, 1.807) is 19.0 Å². The summed E-state index contributed by atoms with van der Waals surface area (Å²) in [7, 11) is 3.55. The number of aromatic nitrogens is 4. The number of rotatable bonds is 9. The molecule has 0 aliphatic carbocycles. The largest absolute Gasteiger partial charge is 0.465 e. The molecule has 0 saturated carbocycles. The highest BCUT2D eigenvalue weighted by molar-refractivity contribution is 5.79. The standard InChI is InChI=1S/C20H28N6O7/c1-11(28)31-8-13(9-32-12(2)29)17-16-18(22-20(23-19(16)30)21-10-25(3)4)26(24-17)15-6-5-14(7-27)33-15/h10,13-15,27H,5-9H2,1-4H3,(H,22,23,30)/t14-,15+/m0/s1. The zero-order valence-corrected chi connectivity index (χ0v) is 19.0. The molecule has 33 heavy (non-hydrogen) atoms. The predicted molar refractivity (Wildman–Crippen MR) is 116 cm³/mol. The van der Waals surface area contributed by atoms with Crippen molar-refractivity contribution < 1.29 is 28.9 Å². The Morgan fingerprint density at radius 3 is 2.52 bits per heavy atom. The quantitative estimate of drug-likeness (QED) is 0.298. The van der Waals surface area contributed by atoms with E-state index >= 15 is 0 Å². The lowest BCUT2D eigenvalue weighted by Crippen LogP contribution is -2.20. The molecule has 180 valence electrons. The fourth-order valence-electron chi connectivity index (χ4n) is 3.42. The number of hydrogen-bond acceptors (Lipinski definition) is 10. The molecule has 0 spiro atoms. The fraction of sp³-hybridized carbons (Fsp3) is 0.600. The Morgan fingerprint density at radius 2 is 1.97 bits per heavy atom. The summed E-state index contributed by atoms with van der Waals surface area (Å²) < 4.78 is 17.6. The van der Waals surface area contributed by atoms with Crippen LogP contribution in [0, 0.1) is 0 Å². The normalized spacial score (nSPS) is 18.4. The second-order valence-electron chi connectivity index (χ2n) is 7.90. The SMILES string of the molecule is CC(=O)OCC(COC(C)=O)c1nn([C@H]2CC[C@@H](CO)O2)c2nc(N=CN(C)C)[nH]c(=O)c12. The Kier molecular flexibility index (Phi) is 7.76. The van der Waals surface area contributed by atoms with Crippen LogP contribution < -0.4 is 5.56 Å². The summed E-state index contributed by atoms with van der Waals surface area (Å²) in [6, 6.07) is 0. The smallest absolute Gasteiger partial charge is 0.302 e. The molecule has 0 radical (unpaired) electrons. The number of esters is 2. The molecule has 0 bridgehead atoms. The maximum atomic E-state index is 13.1. The number of aliphatic hydroxyl groups excluding tert-OH is 1. The average Bonchev–Trinajstić information content (AvgIpc) is 3.37. The first-order valence-corrected chi connectivity index (χ1v) is 10.5. The highest BCUT2D eigenvalue weighted by atomic mass is 16.5. The van der Waals surface area contributed by atoms with Gasteiger partial charge in [0.05, 0.1) is 30.7 Å². The Bertz CT molecular complexity index is 1070. The maximum absolute atomic E-state index is 13.1. The third-order valence-corrected chi connectivity index (χ3v) is 4.91. The maximum Gasteiger partial charge on any atom is 0.302 e. The summed E-state index contributed by atoms with van der Waals surface area (Å²) in [4.78, 5) is 48.8. The van der Waals surface area contributed by atoms with Gasteiger partial charge in [0.1, 0.15) is 18.6 Å². The van der Waals surface area contributed by atoms with Gasteiger partial charge in [0.15, 0.2) is 11.9 Å². The van der Waals surface area contributed by atoms with Crippen molar-refractivity contribution in [1.29, 1.82) is 0 Å². The molecular weight excluding hydrogens is 436 g/mol. The van der Waals surface area contributed by atoms with Gasteiger partial charge in [0.2, 0.25) is 5.95 Å². The second-order valence-corrected chi connectivity index (χ2v) is 7.90. The van der Waals surface area contributed by atoms with Crippen LogP contribution in [0.25, 0.3) is 11.0 Å². The third kappa shape index (κ3) is 5.93. The Balaban J connectivity index is 2.13. The van der Waals surface area contributed by atoms with Gasteiger partial charge in [-0.2, -0.15) is 10.1 Å². The number of ether oxygens (including phenoxy) is 3. The lowest BCUT2D eigenvalue weighted by Gasteiger charge is -2.15. The molecule has 13 heteroatoms. The number of aromatic amines is 1. The molecule has 2 aromatic heterocycles. The fourth-order valence-corrected chi connectivity index (χ4v) is 3.42. The van der Waals surface area contributed by atoms with Gasteiger partial charge in [-0.3, -0.25) is 19.4 Å². The number of aliphatic hydroxyl groups is 1. The monoisotopic (exact) mass is 464 g/mol. The minimum Gasteiger partial charge on any atom is -0.465 e. The Hall–Kier alpha value is -3.32. The first kappa shape index (κ1) is 24.3. The molecule has 1 aliphatic rings. The lowest BCUT2D eigenvalue weighted by atomic mass is 10.1. The molecule has 2 atom stereocenters. The average molecular weight is 464 g/mol. The van der Waals surface area contributed by atoms with Crippen molar-refractivity contribution >= 4 is 35.3 Å².